The Morgan fingerprint density at radius 1 is 1.17 bits per heavy atom. The van der Waals surface area contributed by atoms with Crippen LogP contribution in [0.4, 0.5) is 0 Å². The number of aromatic nitrogens is 5. The summed E-state index contributed by atoms with van der Waals surface area (Å²) in [7, 11) is 1.93. The number of fused-ring (bicyclic) bond motifs is 2. The molecule has 0 amide bonds. The second-order valence-corrected chi connectivity index (χ2v) is 6.04. The van der Waals surface area contributed by atoms with Crippen molar-refractivity contribution in [1.29, 1.82) is 0 Å². The molecular formula is C18H17N5O. The predicted molar refractivity (Wildman–Crippen MR) is 91.2 cm³/mol. The van der Waals surface area contributed by atoms with Crippen LogP contribution in [-0.4, -0.2) is 30.2 Å². The smallest absolute Gasteiger partial charge is 0.179 e. The zero-order chi connectivity index (χ0) is 16.8. The topological polar surface area (TPSA) is 65.1 Å². The number of ketones is 1. The molecule has 1 aromatic carbocycles. The molecule has 0 aliphatic carbocycles. The highest BCUT2D eigenvalue weighted by Crippen LogP contribution is 2.27. The lowest BCUT2D eigenvalue weighted by Gasteiger charge is -2.12. The summed E-state index contributed by atoms with van der Waals surface area (Å²) in [4.78, 5) is 16.0. The molecule has 0 aliphatic heterocycles. The van der Waals surface area contributed by atoms with Gasteiger partial charge in [0.15, 0.2) is 11.4 Å². The minimum Gasteiger partial charge on any atom is -0.293 e. The normalized spacial score (nSPS) is 12.8. The van der Waals surface area contributed by atoms with Gasteiger partial charge in [0.2, 0.25) is 0 Å². The van der Waals surface area contributed by atoms with E-state index in [0.717, 1.165) is 27.8 Å². The highest BCUT2D eigenvalue weighted by Gasteiger charge is 2.16. The average molecular weight is 319 g/mol. The summed E-state index contributed by atoms with van der Waals surface area (Å²) in [6, 6.07) is 9.85. The second kappa shape index (κ2) is 5.26. The van der Waals surface area contributed by atoms with E-state index >= 15 is 0 Å². The molecule has 120 valence electrons. The summed E-state index contributed by atoms with van der Waals surface area (Å²) < 4.78 is 3.62. The molecule has 4 aromatic rings. The van der Waals surface area contributed by atoms with Gasteiger partial charge in [-0.3, -0.25) is 9.48 Å². The first-order chi connectivity index (χ1) is 11.5. The first-order valence-electron chi connectivity index (χ1n) is 7.82. The van der Waals surface area contributed by atoms with E-state index in [1.807, 2.05) is 30.2 Å². The maximum atomic E-state index is 11.6. The van der Waals surface area contributed by atoms with Crippen LogP contribution in [0.15, 0.2) is 42.7 Å². The van der Waals surface area contributed by atoms with E-state index in [2.05, 4.69) is 40.3 Å². The molecule has 3 heterocycles. The molecule has 4 rings (SSSR count). The Balaban J connectivity index is 1.82. The van der Waals surface area contributed by atoms with Crippen LogP contribution in [-0.2, 0) is 7.05 Å². The average Bonchev–Trinajstić information content (AvgIpc) is 3.17. The summed E-state index contributed by atoms with van der Waals surface area (Å²) in [5.74, 6) is 0.0419. The number of hydrogen-bond acceptors (Lipinski definition) is 4. The molecular weight excluding hydrogens is 302 g/mol. The zero-order valence-electron chi connectivity index (χ0n) is 13.8. The van der Waals surface area contributed by atoms with E-state index < -0.39 is 0 Å². The first kappa shape index (κ1) is 14.6. The van der Waals surface area contributed by atoms with Crippen LogP contribution in [0.2, 0.25) is 0 Å². The predicted octanol–water partition coefficient (Wildman–Crippen LogP) is 2.97. The van der Waals surface area contributed by atoms with Gasteiger partial charge in [0.1, 0.15) is 5.69 Å². The van der Waals surface area contributed by atoms with Gasteiger partial charge in [0.25, 0.3) is 0 Å². The van der Waals surface area contributed by atoms with Gasteiger partial charge < -0.3 is 0 Å². The van der Waals surface area contributed by atoms with Crippen LogP contribution in [0.1, 0.15) is 41.5 Å². The molecule has 6 heteroatoms. The largest absolute Gasteiger partial charge is 0.293 e. The van der Waals surface area contributed by atoms with Crippen molar-refractivity contribution < 1.29 is 4.79 Å². The Labute approximate surface area is 138 Å². The van der Waals surface area contributed by atoms with Crippen LogP contribution in [0.3, 0.4) is 0 Å². The molecule has 0 saturated heterocycles. The van der Waals surface area contributed by atoms with Gasteiger partial charge in [-0.25, -0.2) is 9.50 Å². The summed E-state index contributed by atoms with van der Waals surface area (Å²) >= 11 is 0. The molecule has 0 spiro atoms. The fraction of sp³-hybridized carbons (Fsp3) is 0.222. The van der Waals surface area contributed by atoms with Crippen molar-refractivity contribution in [1.82, 2.24) is 24.4 Å². The molecule has 0 radical (unpaired) electrons. The Hall–Kier alpha value is -3.02. The van der Waals surface area contributed by atoms with Gasteiger partial charge in [0, 0.05) is 25.3 Å². The van der Waals surface area contributed by atoms with E-state index in [0.29, 0.717) is 5.69 Å². The summed E-state index contributed by atoms with van der Waals surface area (Å²) in [6.07, 6.45) is 3.69. The Kier molecular flexibility index (Phi) is 3.19. The van der Waals surface area contributed by atoms with E-state index in [4.69, 9.17) is 0 Å². The number of carbonyl (C=O) groups is 1. The van der Waals surface area contributed by atoms with E-state index in [1.165, 1.54) is 6.92 Å². The highest BCUT2D eigenvalue weighted by molar-refractivity contribution is 5.92. The minimum atomic E-state index is -0.0546. The quantitative estimate of drug-likeness (QED) is 0.545. The summed E-state index contributed by atoms with van der Waals surface area (Å²) in [5, 5.41) is 9.83. The van der Waals surface area contributed by atoms with Crippen molar-refractivity contribution in [3.8, 4) is 0 Å². The lowest BCUT2D eigenvalue weighted by molar-refractivity contribution is 0.101. The Morgan fingerprint density at radius 3 is 2.79 bits per heavy atom. The van der Waals surface area contributed by atoms with Gasteiger partial charge >= 0.3 is 0 Å². The van der Waals surface area contributed by atoms with Gasteiger partial charge in [-0.2, -0.15) is 10.2 Å². The van der Waals surface area contributed by atoms with E-state index in [9.17, 15) is 4.79 Å². The van der Waals surface area contributed by atoms with E-state index in [-0.39, 0.29) is 11.7 Å². The van der Waals surface area contributed by atoms with Crippen molar-refractivity contribution >= 4 is 22.3 Å². The van der Waals surface area contributed by atoms with Crippen LogP contribution >= 0.6 is 0 Å². The molecule has 6 nitrogen and oxygen atoms in total. The fourth-order valence-corrected chi connectivity index (χ4v) is 3.00. The van der Waals surface area contributed by atoms with Crippen molar-refractivity contribution in [2.24, 2.45) is 7.05 Å². The van der Waals surface area contributed by atoms with Crippen molar-refractivity contribution in [3.63, 3.8) is 0 Å². The number of rotatable bonds is 3. The number of carbonyl (C=O) groups excluding carboxylic acids is 1. The van der Waals surface area contributed by atoms with Crippen molar-refractivity contribution in [3.05, 3.63) is 59.7 Å². The number of hydrogen-bond donors (Lipinski definition) is 0. The third-order valence-corrected chi connectivity index (χ3v) is 4.46. The third kappa shape index (κ3) is 2.19. The SMILES string of the molecule is CC(=O)c1ccc2ncc([C@H](C)c3ccc4c(cnn4C)c3)n2n1. The first-order valence-corrected chi connectivity index (χ1v) is 7.82. The fourth-order valence-electron chi connectivity index (χ4n) is 3.00. The lowest BCUT2D eigenvalue weighted by atomic mass is 9.97. The highest BCUT2D eigenvalue weighted by atomic mass is 16.1. The monoisotopic (exact) mass is 319 g/mol. The van der Waals surface area contributed by atoms with Crippen LogP contribution in [0.25, 0.3) is 16.6 Å². The van der Waals surface area contributed by atoms with Crippen molar-refractivity contribution in [2.45, 2.75) is 19.8 Å². The van der Waals surface area contributed by atoms with Crippen molar-refractivity contribution in [2.75, 3.05) is 0 Å². The molecule has 0 N–H and O–H groups in total. The molecule has 0 saturated carbocycles. The van der Waals surface area contributed by atoms with Crippen LogP contribution in [0.5, 0.6) is 0 Å². The maximum absolute atomic E-state index is 11.6. The molecule has 0 fully saturated rings. The molecule has 0 unspecified atom stereocenters. The maximum Gasteiger partial charge on any atom is 0.179 e. The molecule has 0 aliphatic rings. The molecule has 3 aromatic heterocycles. The van der Waals surface area contributed by atoms with Crippen LogP contribution < -0.4 is 0 Å². The summed E-state index contributed by atoms with van der Waals surface area (Å²) in [5.41, 5.74) is 4.39. The number of aryl methyl sites for hydroxylation is 1. The number of imidazole rings is 1. The Bertz CT molecular complexity index is 1080. The zero-order valence-corrected chi connectivity index (χ0v) is 13.8. The van der Waals surface area contributed by atoms with Gasteiger partial charge in [-0.05, 0) is 29.8 Å². The Morgan fingerprint density at radius 2 is 2.00 bits per heavy atom. The van der Waals surface area contributed by atoms with Crippen LogP contribution in [0, 0.1) is 0 Å². The standard InChI is InChI=1S/C18H17N5O/c1-11(13-4-6-16-14(8-13)9-20-22(16)3)17-10-19-18-7-5-15(12(2)24)21-23(17)18/h4-11H,1-3H3/t11-/m1/s1. The second-order valence-electron chi connectivity index (χ2n) is 6.04. The van der Waals surface area contributed by atoms with Gasteiger partial charge in [-0.1, -0.05) is 13.0 Å². The summed E-state index contributed by atoms with van der Waals surface area (Å²) in [6.45, 7) is 3.63. The minimum absolute atomic E-state index is 0.0546. The van der Waals surface area contributed by atoms with E-state index in [1.54, 1.807) is 10.6 Å². The number of nitrogens with zero attached hydrogens (tertiary/aromatic N) is 5. The lowest BCUT2D eigenvalue weighted by Crippen LogP contribution is -2.07. The van der Waals surface area contributed by atoms with Gasteiger partial charge in [-0.15, -0.1) is 0 Å². The third-order valence-electron chi connectivity index (χ3n) is 4.46. The molecule has 0 bridgehead atoms. The molecule has 1 atom stereocenters. The number of Topliss-reactive ketones (excluding diaryl/α,β-unsaturated/α-hetero) is 1. The number of benzene rings is 1. The molecule has 24 heavy (non-hydrogen) atoms. The van der Waals surface area contributed by atoms with Gasteiger partial charge in [0.05, 0.1) is 23.6 Å².